The van der Waals surface area contributed by atoms with Crippen molar-refractivity contribution in [2.45, 2.75) is 6.92 Å². The van der Waals surface area contributed by atoms with Crippen LogP contribution >= 0.6 is 50.7 Å². The molecule has 1 heterocycles. The van der Waals surface area contributed by atoms with E-state index in [9.17, 15) is 0 Å². The Morgan fingerprint density at radius 2 is 1.65 bits per heavy atom. The fourth-order valence-corrected chi connectivity index (χ4v) is 2.82. The van der Waals surface area contributed by atoms with E-state index in [4.69, 9.17) is 34.8 Å². The van der Waals surface area contributed by atoms with Crippen LogP contribution < -0.4 is 10.6 Å². The van der Waals surface area contributed by atoms with Gasteiger partial charge in [-0.05, 0) is 46.6 Å². The number of pyridine rings is 1. The van der Waals surface area contributed by atoms with Gasteiger partial charge in [-0.2, -0.15) is 0 Å². The van der Waals surface area contributed by atoms with E-state index < -0.39 is 0 Å². The van der Waals surface area contributed by atoms with Crippen molar-refractivity contribution in [1.29, 1.82) is 0 Å². The normalized spacial score (nSPS) is 10.5. The average Bonchev–Trinajstić information content (AvgIpc) is 2.38. The number of hydrogen-bond donors (Lipinski definition) is 2. The van der Waals surface area contributed by atoms with Gasteiger partial charge >= 0.3 is 0 Å². The summed E-state index contributed by atoms with van der Waals surface area (Å²) in [5.41, 5.74) is 1.76. The Balaban J connectivity index is 2.42. The zero-order valence-electron chi connectivity index (χ0n) is 10.7. The lowest BCUT2D eigenvalue weighted by Gasteiger charge is -2.13. The third-order valence-electron chi connectivity index (χ3n) is 2.67. The number of hydrogen-bond acceptors (Lipinski definition) is 3. The van der Waals surface area contributed by atoms with Gasteiger partial charge in [-0.25, -0.2) is 4.98 Å². The van der Waals surface area contributed by atoms with Crippen LogP contribution in [0.5, 0.6) is 0 Å². The molecule has 7 heteroatoms. The summed E-state index contributed by atoms with van der Waals surface area (Å²) in [6.07, 6.45) is 0. The molecule has 3 nitrogen and oxygen atoms in total. The molecule has 1 aromatic carbocycles. The molecule has 2 aromatic rings. The van der Waals surface area contributed by atoms with Crippen molar-refractivity contribution in [3.63, 3.8) is 0 Å². The predicted molar refractivity (Wildman–Crippen MR) is 91.0 cm³/mol. The van der Waals surface area contributed by atoms with E-state index in [-0.39, 0.29) is 0 Å². The van der Waals surface area contributed by atoms with Gasteiger partial charge in [0.25, 0.3) is 0 Å². The van der Waals surface area contributed by atoms with Crippen LogP contribution in [0, 0.1) is 6.92 Å². The van der Waals surface area contributed by atoms with Gasteiger partial charge in [-0.15, -0.1) is 0 Å². The lowest BCUT2D eigenvalue weighted by molar-refractivity contribution is 1.27. The number of aromatic nitrogens is 1. The Morgan fingerprint density at radius 1 is 1.00 bits per heavy atom. The summed E-state index contributed by atoms with van der Waals surface area (Å²) in [5, 5.41) is 7.59. The highest BCUT2D eigenvalue weighted by Crippen LogP contribution is 2.35. The summed E-state index contributed by atoms with van der Waals surface area (Å²) in [6, 6.07) is 5.37. The molecule has 0 spiro atoms. The van der Waals surface area contributed by atoms with Crippen molar-refractivity contribution in [1.82, 2.24) is 4.98 Å². The third-order valence-corrected chi connectivity index (χ3v) is 4.31. The molecule has 0 fully saturated rings. The van der Waals surface area contributed by atoms with E-state index in [0.717, 1.165) is 15.7 Å². The van der Waals surface area contributed by atoms with Crippen LogP contribution in [0.3, 0.4) is 0 Å². The molecule has 0 amide bonds. The van der Waals surface area contributed by atoms with Crippen molar-refractivity contribution in [3.8, 4) is 0 Å². The van der Waals surface area contributed by atoms with Gasteiger partial charge < -0.3 is 10.6 Å². The molecule has 20 heavy (non-hydrogen) atoms. The molecule has 0 bridgehead atoms. The first kappa shape index (κ1) is 15.7. The number of benzene rings is 1. The zero-order valence-corrected chi connectivity index (χ0v) is 14.5. The molecule has 1 aromatic heterocycles. The molecular formula is C13H11BrCl3N3. The summed E-state index contributed by atoms with van der Waals surface area (Å²) in [6.45, 7) is 1.93. The second-order valence-corrected chi connectivity index (χ2v) is 6.18. The van der Waals surface area contributed by atoms with Crippen molar-refractivity contribution < 1.29 is 0 Å². The lowest BCUT2D eigenvalue weighted by atomic mass is 10.2. The number of aryl methyl sites for hydroxylation is 1. The lowest BCUT2D eigenvalue weighted by Crippen LogP contribution is -2.00. The Hall–Kier alpha value is -0.680. The second kappa shape index (κ2) is 6.39. The number of halogens is 4. The SMILES string of the molecule is CNc1nc(Nc2cc(Cl)c(C)cc2Br)c(Cl)cc1Cl. The van der Waals surface area contributed by atoms with E-state index in [1.54, 1.807) is 13.1 Å². The maximum absolute atomic E-state index is 6.15. The highest BCUT2D eigenvalue weighted by Gasteiger charge is 2.11. The molecule has 0 unspecified atom stereocenters. The second-order valence-electron chi connectivity index (χ2n) is 4.11. The predicted octanol–water partition coefficient (Wildman–Crippen LogP) is 5.90. The average molecular weight is 396 g/mol. The van der Waals surface area contributed by atoms with Gasteiger partial charge in [-0.1, -0.05) is 34.8 Å². The number of nitrogens with zero attached hydrogens (tertiary/aromatic N) is 1. The zero-order chi connectivity index (χ0) is 14.9. The van der Waals surface area contributed by atoms with Crippen LogP contribution in [0.4, 0.5) is 17.3 Å². The van der Waals surface area contributed by atoms with E-state index in [0.29, 0.717) is 26.7 Å². The van der Waals surface area contributed by atoms with E-state index >= 15 is 0 Å². The molecular weight excluding hydrogens is 384 g/mol. The van der Waals surface area contributed by atoms with Crippen LogP contribution in [-0.2, 0) is 0 Å². The quantitative estimate of drug-likeness (QED) is 0.680. The fourth-order valence-electron chi connectivity index (χ4n) is 1.60. The largest absolute Gasteiger partial charge is 0.372 e. The number of rotatable bonds is 3. The number of anilines is 3. The molecule has 0 atom stereocenters. The minimum absolute atomic E-state index is 0.428. The Morgan fingerprint density at radius 3 is 2.30 bits per heavy atom. The maximum atomic E-state index is 6.15. The molecule has 0 radical (unpaired) electrons. The van der Waals surface area contributed by atoms with Gasteiger partial charge in [0, 0.05) is 16.5 Å². The summed E-state index contributed by atoms with van der Waals surface area (Å²) in [5.74, 6) is 1.05. The minimum Gasteiger partial charge on any atom is -0.372 e. The summed E-state index contributed by atoms with van der Waals surface area (Å²) >= 11 is 21.8. The molecule has 106 valence electrons. The Kier molecular flexibility index (Phi) is 5.02. The molecule has 0 aliphatic rings. The topological polar surface area (TPSA) is 37.0 Å². The van der Waals surface area contributed by atoms with Crippen molar-refractivity contribution in [3.05, 3.63) is 43.3 Å². The fraction of sp³-hybridized carbons (Fsp3) is 0.154. The molecule has 0 saturated heterocycles. The van der Waals surface area contributed by atoms with Gasteiger partial charge in [0.2, 0.25) is 0 Å². The van der Waals surface area contributed by atoms with Crippen molar-refractivity contribution in [2.75, 3.05) is 17.7 Å². The Labute approximate surface area is 140 Å². The summed E-state index contributed by atoms with van der Waals surface area (Å²) in [4.78, 5) is 4.33. The van der Waals surface area contributed by atoms with Crippen molar-refractivity contribution in [2.24, 2.45) is 0 Å². The smallest absolute Gasteiger partial charge is 0.151 e. The molecule has 0 aliphatic carbocycles. The van der Waals surface area contributed by atoms with Crippen LogP contribution in [0.15, 0.2) is 22.7 Å². The maximum Gasteiger partial charge on any atom is 0.151 e. The third kappa shape index (κ3) is 3.31. The van der Waals surface area contributed by atoms with Gasteiger partial charge in [0.15, 0.2) is 5.82 Å². The first-order valence-corrected chi connectivity index (χ1v) is 7.61. The first-order chi connectivity index (χ1) is 9.42. The number of nitrogens with one attached hydrogen (secondary N) is 2. The highest BCUT2D eigenvalue weighted by atomic mass is 79.9. The van der Waals surface area contributed by atoms with Crippen LogP contribution in [0.1, 0.15) is 5.56 Å². The molecule has 2 N–H and O–H groups in total. The first-order valence-electron chi connectivity index (χ1n) is 5.69. The van der Waals surface area contributed by atoms with Crippen LogP contribution in [0.2, 0.25) is 15.1 Å². The van der Waals surface area contributed by atoms with E-state index in [1.807, 2.05) is 19.1 Å². The highest BCUT2D eigenvalue weighted by molar-refractivity contribution is 9.10. The van der Waals surface area contributed by atoms with E-state index in [1.165, 1.54) is 0 Å². The van der Waals surface area contributed by atoms with Gasteiger partial charge in [0.1, 0.15) is 5.82 Å². The van der Waals surface area contributed by atoms with Crippen LogP contribution in [0.25, 0.3) is 0 Å². The molecule has 0 saturated carbocycles. The molecule has 2 rings (SSSR count). The molecule has 0 aliphatic heterocycles. The standard InChI is InChI=1S/C13H11BrCl3N3/c1-6-3-7(14)11(5-8(6)15)19-13-10(17)4-9(16)12(18-2)20-13/h3-5H,1-2H3,(H2,18,19,20). The van der Waals surface area contributed by atoms with Gasteiger partial charge in [0.05, 0.1) is 15.7 Å². The van der Waals surface area contributed by atoms with Crippen molar-refractivity contribution >= 4 is 68.1 Å². The summed E-state index contributed by atoms with van der Waals surface area (Å²) < 4.78 is 0.873. The van der Waals surface area contributed by atoms with Crippen LogP contribution in [-0.4, -0.2) is 12.0 Å². The van der Waals surface area contributed by atoms with E-state index in [2.05, 4.69) is 31.5 Å². The monoisotopic (exact) mass is 393 g/mol. The van der Waals surface area contributed by atoms with Gasteiger partial charge in [-0.3, -0.25) is 0 Å². The Bertz CT molecular complexity index is 662. The summed E-state index contributed by atoms with van der Waals surface area (Å²) in [7, 11) is 1.74. The minimum atomic E-state index is 0.428.